The summed E-state index contributed by atoms with van der Waals surface area (Å²) >= 11 is 0. The lowest BCUT2D eigenvalue weighted by Crippen LogP contribution is -1.93. The molecule has 3 aromatic carbocycles. The maximum atomic E-state index is 5.05. The van der Waals surface area contributed by atoms with Crippen LogP contribution in [0.1, 0.15) is 22.3 Å². The van der Waals surface area contributed by atoms with Gasteiger partial charge in [0.05, 0.1) is 22.7 Å². The van der Waals surface area contributed by atoms with Crippen LogP contribution in [0.3, 0.4) is 0 Å². The van der Waals surface area contributed by atoms with Gasteiger partial charge in [-0.05, 0) is 99.1 Å². The van der Waals surface area contributed by atoms with Crippen LogP contribution in [0.4, 0.5) is 0 Å². The molecule has 0 radical (unpaired) electrons. The molecule has 0 unspecified atom stereocenters. The average molecular weight is 447 g/mol. The number of aromatic nitrogens is 4. The molecule has 2 aliphatic carbocycles. The summed E-state index contributed by atoms with van der Waals surface area (Å²) in [5.74, 6) is 0. The van der Waals surface area contributed by atoms with E-state index in [2.05, 4.69) is 69.0 Å². The number of imidazole rings is 1. The van der Waals surface area contributed by atoms with Crippen molar-refractivity contribution in [3.63, 3.8) is 0 Å². The van der Waals surface area contributed by atoms with Gasteiger partial charge in [-0.15, -0.1) is 0 Å². The van der Waals surface area contributed by atoms with E-state index in [1.807, 2.05) is 30.9 Å². The van der Waals surface area contributed by atoms with Gasteiger partial charge >= 0.3 is 0 Å². The van der Waals surface area contributed by atoms with Gasteiger partial charge in [0.2, 0.25) is 0 Å². The normalized spacial score (nSPS) is 13.5. The Balaban J connectivity index is 1.37. The SMILES string of the molecule is c1ccc2c(c1)Cc1cc3c(cc1-2)Cc1cc2c(cc1-3)c1cnccc1n1c3cnccc3nc21. The zero-order chi connectivity index (χ0) is 22.7. The molecule has 0 saturated carbocycles. The van der Waals surface area contributed by atoms with Gasteiger partial charge in [0.25, 0.3) is 0 Å². The molecular formula is C31H18N4. The minimum absolute atomic E-state index is 0.953. The highest BCUT2D eigenvalue weighted by Crippen LogP contribution is 2.46. The lowest BCUT2D eigenvalue weighted by atomic mass is 9.96. The van der Waals surface area contributed by atoms with Crippen molar-refractivity contribution in [1.29, 1.82) is 0 Å². The molecule has 0 fully saturated rings. The average Bonchev–Trinajstić information content (AvgIpc) is 3.57. The molecule has 0 spiro atoms. The number of rotatable bonds is 0. The van der Waals surface area contributed by atoms with Gasteiger partial charge in [-0.25, -0.2) is 4.98 Å². The summed E-state index contributed by atoms with van der Waals surface area (Å²) < 4.78 is 2.24. The van der Waals surface area contributed by atoms with Crippen LogP contribution in [0.25, 0.3) is 60.6 Å². The molecule has 4 nitrogen and oxygen atoms in total. The number of benzene rings is 3. The van der Waals surface area contributed by atoms with Crippen LogP contribution >= 0.6 is 0 Å². The summed E-state index contributed by atoms with van der Waals surface area (Å²) in [5, 5.41) is 3.52. The van der Waals surface area contributed by atoms with Crippen molar-refractivity contribution in [2.24, 2.45) is 0 Å². The Morgan fingerprint density at radius 1 is 0.571 bits per heavy atom. The Morgan fingerprint density at radius 2 is 1.31 bits per heavy atom. The maximum Gasteiger partial charge on any atom is 0.146 e. The number of fused-ring (bicyclic) bond motifs is 14. The molecule has 4 aromatic heterocycles. The van der Waals surface area contributed by atoms with Crippen LogP contribution in [-0.4, -0.2) is 19.4 Å². The van der Waals surface area contributed by atoms with Crippen LogP contribution in [0.5, 0.6) is 0 Å². The van der Waals surface area contributed by atoms with E-state index < -0.39 is 0 Å². The highest BCUT2D eigenvalue weighted by molar-refractivity contribution is 6.15. The fourth-order valence-electron chi connectivity index (χ4n) is 6.42. The Labute approximate surface area is 200 Å². The molecule has 9 rings (SSSR count). The second-order valence-electron chi connectivity index (χ2n) is 9.76. The first-order chi connectivity index (χ1) is 17.3. The van der Waals surface area contributed by atoms with Crippen LogP contribution in [0.2, 0.25) is 0 Å². The van der Waals surface area contributed by atoms with Gasteiger partial charge in [-0.2, -0.15) is 0 Å². The number of pyridine rings is 3. The Morgan fingerprint density at radius 3 is 2.26 bits per heavy atom. The van der Waals surface area contributed by atoms with E-state index >= 15 is 0 Å². The van der Waals surface area contributed by atoms with E-state index in [1.54, 1.807) is 0 Å². The van der Waals surface area contributed by atoms with E-state index in [0.717, 1.165) is 40.4 Å². The van der Waals surface area contributed by atoms with Crippen molar-refractivity contribution in [2.75, 3.05) is 0 Å². The van der Waals surface area contributed by atoms with E-state index in [-0.39, 0.29) is 0 Å². The minimum atomic E-state index is 0.953. The number of hydrogen-bond acceptors (Lipinski definition) is 3. The molecule has 0 N–H and O–H groups in total. The maximum absolute atomic E-state index is 5.05. The molecule has 162 valence electrons. The van der Waals surface area contributed by atoms with Gasteiger partial charge in [0.1, 0.15) is 5.65 Å². The van der Waals surface area contributed by atoms with Crippen molar-refractivity contribution in [1.82, 2.24) is 19.4 Å². The highest BCUT2D eigenvalue weighted by atomic mass is 15.0. The van der Waals surface area contributed by atoms with Gasteiger partial charge < -0.3 is 0 Å². The molecule has 0 atom stereocenters. The standard InChI is InChI=1S/C31H18N4/c1-2-4-21-17(3-1)9-18-12-23-19(11-22(18)21)10-20-13-26-25(14-24(20)23)27-15-32-8-6-29(27)35-30-16-33-7-5-28(30)34-31(26)35/h1-8,11-16H,9-10H2. The van der Waals surface area contributed by atoms with Gasteiger partial charge in [-0.3, -0.25) is 14.4 Å². The summed E-state index contributed by atoms with van der Waals surface area (Å²) in [5.41, 5.74) is 15.3. The molecule has 4 heteroatoms. The third kappa shape index (κ3) is 2.20. The lowest BCUT2D eigenvalue weighted by Gasteiger charge is -2.11. The topological polar surface area (TPSA) is 43.1 Å². The Kier molecular flexibility index (Phi) is 3.11. The van der Waals surface area contributed by atoms with E-state index in [0.29, 0.717) is 0 Å². The molecule has 0 bridgehead atoms. The first-order valence-corrected chi connectivity index (χ1v) is 12.0. The van der Waals surface area contributed by atoms with Crippen LogP contribution in [0, 0.1) is 0 Å². The number of nitrogens with zero attached hydrogens (tertiary/aromatic N) is 4. The predicted molar refractivity (Wildman–Crippen MR) is 140 cm³/mol. The monoisotopic (exact) mass is 446 g/mol. The second-order valence-corrected chi connectivity index (χ2v) is 9.76. The highest BCUT2D eigenvalue weighted by Gasteiger charge is 2.26. The molecule has 2 aliphatic rings. The molecule has 0 amide bonds. The Hall–Kier alpha value is -4.57. The molecular weight excluding hydrogens is 428 g/mol. The predicted octanol–water partition coefficient (Wildman–Crippen LogP) is 6.73. The first-order valence-electron chi connectivity index (χ1n) is 12.0. The van der Waals surface area contributed by atoms with Crippen LogP contribution in [-0.2, 0) is 12.8 Å². The third-order valence-corrected chi connectivity index (χ3v) is 7.96. The Bertz CT molecular complexity index is 2070. The second kappa shape index (κ2) is 6.10. The van der Waals surface area contributed by atoms with E-state index in [9.17, 15) is 0 Å². The summed E-state index contributed by atoms with van der Waals surface area (Å²) in [6.45, 7) is 0. The molecule has 35 heavy (non-hydrogen) atoms. The first kappa shape index (κ1) is 17.8. The van der Waals surface area contributed by atoms with Gasteiger partial charge in [0, 0.05) is 29.4 Å². The lowest BCUT2D eigenvalue weighted by molar-refractivity contribution is 1.24. The summed E-state index contributed by atoms with van der Waals surface area (Å²) in [6, 6.07) is 22.5. The minimum Gasteiger partial charge on any atom is -0.290 e. The third-order valence-electron chi connectivity index (χ3n) is 7.96. The van der Waals surface area contributed by atoms with Crippen molar-refractivity contribution < 1.29 is 0 Å². The van der Waals surface area contributed by atoms with Crippen LogP contribution in [0.15, 0.2) is 85.5 Å². The van der Waals surface area contributed by atoms with E-state index in [4.69, 9.17) is 4.98 Å². The van der Waals surface area contributed by atoms with Crippen LogP contribution < -0.4 is 0 Å². The zero-order valence-corrected chi connectivity index (χ0v) is 18.8. The zero-order valence-electron chi connectivity index (χ0n) is 18.8. The molecule has 0 saturated heterocycles. The summed E-state index contributed by atoms with van der Waals surface area (Å²) in [6.07, 6.45) is 9.54. The fraction of sp³-hybridized carbons (Fsp3) is 0.0645. The molecule has 7 aromatic rings. The number of hydrogen-bond donors (Lipinski definition) is 0. The smallest absolute Gasteiger partial charge is 0.146 e. The fourth-order valence-corrected chi connectivity index (χ4v) is 6.42. The van der Waals surface area contributed by atoms with E-state index in [1.165, 1.54) is 55.3 Å². The summed E-state index contributed by atoms with van der Waals surface area (Å²) in [7, 11) is 0. The largest absolute Gasteiger partial charge is 0.290 e. The van der Waals surface area contributed by atoms with Crippen molar-refractivity contribution in [3.05, 3.63) is 108 Å². The summed E-state index contributed by atoms with van der Waals surface area (Å²) in [4.78, 5) is 13.9. The quantitative estimate of drug-likeness (QED) is 0.243. The van der Waals surface area contributed by atoms with Crippen molar-refractivity contribution in [2.45, 2.75) is 12.8 Å². The molecule has 0 aliphatic heterocycles. The molecule has 4 heterocycles. The van der Waals surface area contributed by atoms with Crippen molar-refractivity contribution in [3.8, 4) is 22.3 Å². The van der Waals surface area contributed by atoms with Gasteiger partial charge in [0.15, 0.2) is 0 Å². The van der Waals surface area contributed by atoms with Gasteiger partial charge in [-0.1, -0.05) is 24.3 Å². The van der Waals surface area contributed by atoms with Crippen molar-refractivity contribution >= 4 is 38.4 Å².